The summed E-state index contributed by atoms with van der Waals surface area (Å²) in [6, 6.07) is 16.9. The van der Waals surface area contributed by atoms with E-state index in [1.807, 2.05) is 10.6 Å². The first-order valence-electron chi connectivity index (χ1n) is 10.4. The molecule has 0 aliphatic heterocycles. The predicted molar refractivity (Wildman–Crippen MR) is 127 cm³/mol. The molecule has 11 heteroatoms. The molecular formula is C23H19ClN5O4P. The topological polar surface area (TPSA) is 108 Å². The van der Waals surface area contributed by atoms with E-state index >= 15 is 0 Å². The Kier molecular flexibility index (Phi) is 6.04. The van der Waals surface area contributed by atoms with Gasteiger partial charge in [-0.25, -0.2) is 24.6 Å². The highest BCUT2D eigenvalue weighted by Gasteiger charge is 2.36. The third kappa shape index (κ3) is 4.66. The third-order valence-electron chi connectivity index (χ3n) is 5.25. The number of para-hydroxylation sites is 2. The number of amides is 1. The smallest absolute Gasteiger partial charge is 0.400 e. The Balaban J connectivity index is 1.33. The number of allylic oxidation sites excluding steroid dienone is 1. The molecule has 0 bridgehead atoms. The van der Waals surface area contributed by atoms with E-state index < -0.39 is 19.6 Å². The van der Waals surface area contributed by atoms with E-state index in [-0.39, 0.29) is 11.2 Å². The molecule has 0 saturated carbocycles. The third-order valence-corrected chi connectivity index (χ3v) is 6.93. The lowest BCUT2D eigenvalue weighted by Crippen LogP contribution is -2.30. The van der Waals surface area contributed by atoms with Crippen LogP contribution in [0.3, 0.4) is 0 Å². The number of halogens is 1. The molecule has 0 radical (unpaired) electrons. The molecule has 4 aromatic rings. The Hall–Kier alpha value is -3.68. The van der Waals surface area contributed by atoms with Crippen molar-refractivity contribution in [1.82, 2.24) is 24.6 Å². The summed E-state index contributed by atoms with van der Waals surface area (Å²) in [4.78, 5) is 25.6. The molecule has 34 heavy (non-hydrogen) atoms. The zero-order valence-electron chi connectivity index (χ0n) is 17.7. The second kappa shape index (κ2) is 9.29. The summed E-state index contributed by atoms with van der Waals surface area (Å²) < 4.78 is 26.7. The lowest BCUT2D eigenvalue weighted by Gasteiger charge is -2.21. The maximum Gasteiger partial charge on any atom is 0.543 e. The molecule has 1 amide bonds. The van der Waals surface area contributed by atoms with Crippen LogP contribution < -0.4 is 14.1 Å². The number of nitrogens with zero attached hydrogens (tertiary/aromatic N) is 4. The van der Waals surface area contributed by atoms with Crippen molar-refractivity contribution in [3.05, 3.63) is 90.6 Å². The summed E-state index contributed by atoms with van der Waals surface area (Å²) in [6.07, 6.45) is 7.02. The second-order valence-corrected chi connectivity index (χ2v) is 9.51. The Morgan fingerprint density at radius 3 is 2.26 bits per heavy atom. The van der Waals surface area contributed by atoms with E-state index in [2.05, 4.69) is 20.0 Å². The van der Waals surface area contributed by atoms with Crippen molar-refractivity contribution in [2.24, 2.45) is 5.92 Å². The number of hydrogen-bond acceptors (Lipinski definition) is 7. The number of aromatic nitrogens is 4. The average molecular weight is 496 g/mol. The molecule has 2 aromatic heterocycles. The van der Waals surface area contributed by atoms with Crippen LogP contribution in [0.4, 0.5) is 0 Å². The lowest BCUT2D eigenvalue weighted by atomic mass is 10.1. The number of carbonyl (C=O) groups is 1. The molecule has 1 aliphatic carbocycles. The van der Waals surface area contributed by atoms with Crippen molar-refractivity contribution in [3.8, 4) is 11.5 Å². The number of benzene rings is 2. The molecule has 2 aromatic carbocycles. The van der Waals surface area contributed by atoms with Gasteiger partial charge in [-0.15, -0.1) is 0 Å². The maximum absolute atomic E-state index is 13.6. The predicted octanol–water partition coefficient (Wildman–Crippen LogP) is 4.98. The van der Waals surface area contributed by atoms with Crippen LogP contribution in [-0.4, -0.2) is 25.4 Å². The summed E-state index contributed by atoms with van der Waals surface area (Å²) in [6.45, 7) is 0. The lowest BCUT2D eigenvalue weighted by molar-refractivity contribution is -0.122. The fourth-order valence-corrected chi connectivity index (χ4v) is 5.21. The quantitative estimate of drug-likeness (QED) is 0.219. The van der Waals surface area contributed by atoms with Crippen molar-refractivity contribution in [2.45, 2.75) is 12.5 Å². The van der Waals surface area contributed by atoms with E-state index in [0.29, 0.717) is 29.1 Å². The summed E-state index contributed by atoms with van der Waals surface area (Å²) in [5.41, 5.74) is 1.06. The van der Waals surface area contributed by atoms with Crippen molar-refractivity contribution in [1.29, 1.82) is 0 Å². The van der Waals surface area contributed by atoms with E-state index in [9.17, 15) is 9.36 Å². The SMILES string of the molecule is O=C(NP(=O)(Oc1ccccc1)Oc1ccccc1)[C@@H]1C=C[C@H](n2cnc3c(Cl)ncnc32)C1. The molecule has 0 saturated heterocycles. The molecule has 5 rings (SSSR count). The zero-order chi connectivity index (χ0) is 23.5. The summed E-state index contributed by atoms with van der Waals surface area (Å²) >= 11 is 6.09. The molecule has 2 atom stereocenters. The van der Waals surface area contributed by atoms with Gasteiger partial charge >= 0.3 is 7.75 Å². The minimum Gasteiger partial charge on any atom is -0.400 e. The van der Waals surface area contributed by atoms with Crippen molar-refractivity contribution < 1.29 is 18.4 Å². The minimum absolute atomic E-state index is 0.184. The van der Waals surface area contributed by atoms with Gasteiger partial charge < -0.3 is 13.6 Å². The van der Waals surface area contributed by atoms with E-state index in [1.54, 1.807) is 73.1 Å². The average Bonchev–Trinajstić information content (AvgIpc) is 3.48. The highest BCUT2D eigenvalue weighted by atomic mass is 35.5. The Bertz CT molecular complexity index is 1350. The van der Waals surface area contributed by atoms with Crippen LogP contribution in [0.5, 0.6) is 11.5 Å². The van der Waals surface area contributed by atoms with Gasteiger partial charge in [0.05, 0.1) is 18.3 Å². The van der Waals surface area contributed by atoms with Crippen LogP contribution in [-0.2, 0) is 9.36 Å². The van der Waals surface area contributed by atoms with E-state index in [4.69, 9.17) is 20.6 Å². The van der Waals surface area contributed by atoms with Crippen LogP contribution in [0.1, 0.15) is 12.5 Å². The number of carbonyl (C=O) groups excluding carboxylic acids is 1. The highest BCUT2D eigenvalue weighted by Crippen LogP contribution is 2.45. The number of imidazole rings is 1. The van der Waals surface area contributed by atoms with Gasteiger partial charge in [0.25, 0.3) is 0 Å². The van der Waals surface area contributed by atoms with Crippen LogP contribution >= 0.6 is 19.3 Å². The number of hydrogen-bond donors (Lipinski definition) is 1. The first-order chi connectivity index (χ1) is 16.5. The molecule has 172 valence electrons. The molecule has 1 aliphatic rings. The van der Waals surface area contributed by atoms with Gasteiger partial charge in [0.2, 0.25) is 5.91 Å². The minimum atomic E-state index is -4.09. The molecule has 0 spiro atoms. The van der Waals surface area contributed by atoms with Crippen LogP contribution in [0.15, 0.2) is 85.5 Å². The van der Waals surface area contributed by atoms with Crippen molar-refractivity contribution >= 4 is 36.4 Å². The zero-order valence-corrected chi connectivity index (χ0v) is 19.3. The molecule has 9 nitrogen and oxygen atoms in total. The molecule has 2 heterocycles. The fraction of sp³-hybridized carbons (Fsp3) is 0.130. The van der Waals surface area contributed by atoms with Gasteiger partial charge in [-0.05, 0) is 30.7 Å². The van der Waals surface area contributed by atoms with E-state index in [1.165, 1.54) is 6.33 Å². The van der Waals surface area contributed by atoms with Gasteiger partial charge in [-0.3, -0.25) is 4.79 Å². The Morgan fingerprint density at radius 1 is 0.971 bits per heavy atom. The fourth-order valence-electron chi connectivity index (χ4n) is 3.67. The van der Waals surface area contributed by atoms with Crippen LogP contribution in [0, 0.1) is 5.92 Å². The van der Waals surface area contributed by atoms with Crippen molar-refractivity contribution in [2.75, 3.05) is 0 Å². The Labute approximate surface area is 200 Å². The summed E-state index contributed by atoms with van der Waals surface area (Å²) in [5.74, 6) is -0.426. The van der Waals surface area contributed by atoms with Gasteiger partial charge in [-0.1, -0.05) is 60.2 Å². The first kappa shape index (κ1) is 22.1. The van der Waals surface area contributed by atoms with Gasteiger partial charge in [0.1, 0.15) is 23.3 Å². The number of rotatable bonds is 7. The highest BCUT2D eigenvalue weighted by molar-refractivity contribution is 7.53. The summed E-state index contributed by atoms with van der Waals surface area (Å²) in [7, 11) is -4.09. The van der Waals surface area contributed by atoms with Gasteiger partial charge in [0.15, 0.2) is 10.8 Å². The molecule has 1 N–H and O–H groups in total. The number of fused-ring (bicyclic) bond motifs is 1. The molecular weight excluding hydrogens is 477 g/mol. The van der Waals surface area contributed by atoms with Crippen LogP contribution in [0.25, 0.3) is 11.2 Å². The largest absolute Gasteiger partial charge is 0.543 e. The van der Waals surface area contributed by atoms with Gasteiger partial charge in [-0.2, -0.15) is 0 Å². The molecule has 0 unspecified atom stereocenters. The monoisotopic (exact) mass is 495 g/mol. The second-order valence-electron chi connectivity index (χ2n) is 7.57. The van der Waals surface area contributed by atoms with E-state index in [0.717, 1.165) is 0 Å². The van der Waals surface area contributed by atoms with Crippen LogP contribution in [0.2, 0.25) is 5.15 Å². The maximum atomic E-state index is 13.6. The Morgan fingerprint density at radius 2 is 1.62 bits per heavy atom. The standard InChI is InChI=1S/C23H19ClN5O4P/c24-21-20-22(26-14-25-21)29(15-27-20)17-12-11-16(13-17)23(30)28-34(31,32-18-7-3-1-4-8-18)33-19-9-5-2-6-10-19/h1-12,14-17H,13H2,(H,28,30,31)/t16-,17+/m1/s1. The molecule has 0 fully saturated rings. The van der Waals surface area contributed by atoms with Gasteiger partial charge in [0, 0.05) is 0 Å². The first-order valence-corrected chi connectivity index (χ1v) is 12.4. The van der Waals surface area contributed by atoms with Crippen molar-refractivity contribution in [3.63, 3.8) is 0 Å². The summed E-state index contributed by atoms with van der Waals surface area (Å²) in [5, 5.41) is 2.75. The number of nitrogens with one attached hydrogen (secondary N) is 1. The normalized spacial score (nSPS) is 17.6.